The molecule has 1 unspecified atom stereocenters. The molecule has 0 saturated heterocycles. The monoisotopic (exact) mass is 184 g/mol. The summed E-state index contributed by atoms with van der Waals surface area (Å²) in [4.78, 5) is 0. The van der Waals surface area contributed by atoms with Gasteiger partial charge in [0.15, 0.2) is 0 Å². The Morgan fingerprint density at radius 1 is 1.23 bits per heavy atom. The molecule has 0 aliphatic heterocycles. The van der Waals surface area contributed by atoms with Crippen molar-refractivity contribution in [3.63, 3.8) is 0 Å². The minimum Gasteiger partial charge on any atom is -0.425 e. The highest BCUT2D eigenvalue weighted by atomic mass is 16.5. The maximum Gasteiger partial charge on any atom is 0.286 e. The summed E-state index contributed by atoms with van der Waals surface area (Å²) in [6.45, 7) is 2.81. The van der Waals surface area contributed by atoms with E-state index >= 15 is 0 Å². The quantitative estimate of drug-likeness (QED) is 0.431. The first-order valence-corrected chi connectivity index (χ1v) is 3.98. The molecule has 0 aromatic carbocycles. The van der Waals surface area contributed by atoms with E-state index in [1.54, 1.807) is 6.26 Å². The molecule has 0 spiro atoms. The molecule has 0 N–H and O–H groups in total. The van der Waals surface area contributed by atoms with Gasteiger partial charge in [-0.1, -0.05) is 6.92 Å². The van der Waals surface area contributed by atoms with Crippen LogP contribution in [0, 0.1) is 23.0 Å². The molecule has 0 aromatic heterocycles. The van der Waals surface area contributed by atoms with Crippen molar-refractivity contribution in [2.45, 2.75) is 19.4 Å². The van der Waals surface area contributed by atoms with Crippen LogP contribution in [-0.2, 0) is 14.2 Å². The first kappa shape index (κ1) is 11.5. The van der Waals surface area contributed by atoms with Crippen LogP contribution in [0.1, 0.15) is 13.3 Å². The summed E-state index contributed by atoms with van der Waals surface area (Å²) in [5.74, 6) is 0. The number of hydrogen-bond donors (Lipinski definition) is 0. The van der Waals surface area contributed by atoms with Crippen LogP contribution in [0.4, 0.5) is 0 Å². The normalized spacial score (nSPS) is 11.0. The van der Waals surface area contributed by atoms with Crippen molar-refractivity contribution in [2.24, 2.45) is 0 Å². The van der Waals surface area contributed by atoms with Crippen molar-refractivity contribution in [1.29, 1.82) is 10.5 Å². The third-order valence-corrected chi connectivity index (χ3v) is 1.37. The number of nitriles is 2. The van der Waals surface area contributed by atoms with Gasteiger partial charge in [-0.15, -0.1) is 0 Å². The van der Waals surface area contributed by atoms with Gasteiger partial charge in [0.25, 0.3) is 12.5 Å². The number of ether oxygens (including phenoxy) is 3. The van der Waals surface area contributed by atoms with Crippen LogP contribution < -0.4 is 0 Å². The molecule has 0 aromatic rings. The molecule has 0 aliphatic rings. The van der Waals surface area contributed by atoms with Gasteiger partial charge in [0, 0.05) is 0 Å². The van der Waals surface area contributed by atoms with Gasteiger partial charge < -0.3 is 14.2 Å². The van der Waals surface area contributed by atoms with Crippen LogP contribution in [-0.4, -0.2) is 25.9 Å². The summed E-state index contributed by atoms with van der Waals surface area (Å²) in [5.41, 5.74) is 0. The number of nitrogens with zero attached hydrogens (tertiary/aromatic N) is 2. The smallest absolute Gasteiger partial charge is 0.286 e. The minimum absolute atomic E-state index is 0.202. The molecular weight excluding hydrogens is 172 g/mol. The van der Waals surface area contributed by atoms with E-state index < -0.39 is 0 Å². The molecule has 0 fully saturated rings. The van der Waals surface area contributed by atoms with Crippen LogP contribution in [0.3, 0.4) is 0 Å². The summed E-state index contributed by atoms with van der Waals surface area (Å²) in [6, 6.07) is 0. The highest BCUT2D eigenvalue weighted by molar-refractivity contribution is 4.60. The zero-order valence-corrected chi connectivity index (χ0v) is 7.52. The van der Waals surface area contributed by atoms with E-state index in [9.17, 15) is 0 Å². The van der Waals surface area contributed by atoms with Crippen LogP contribution >= 0.6 is 0 Å². The summed E-state index contributed by atoms with van der Waals surface area (Å²) in [5, 5.41) is 16.2. The van der Waals surface area contributed by atoms with Crippen molar-refractivity contribution in [3.05, 3.63) is 0 Å². The Morgan fingerprint density at radius 2 is 2.00 bits per heavy atom. The maximum absolute atomic E-state index is 8.21. The Balaban J connectivity index is 3.30. The summed E-state index contributed by atoms with van der Waals surface area (Å²) in [7, 11) is 0. The second kappa shape index (κ2) is 8.63. The van der Waals surface area contributed by atoms with E-state index in [1.807, 2.05) is 6.92 Å². The fourth-order valence-corrected chi connectivity index (χ4v) is 0.671. The zero-order chi connectivity index (χ0) is 9.94. The zero-order valence-electron chi connectivity index (χ0n) is 7.52. The fraction of sp³-hybridized carbons (Fsp3) is 0.750. The van der Waals surface area contributed by atoms with Gasteiger partial charge in [0.05, 0.1) is 13.2 Å². The largest absolute Gasteiger partial charge is 0.425 e. The van der Waals surface area contributed by atoms with Crippen molar-refractivity contribution < 1.29 is 14.2 Å². The first-order chi connectivity index (χ1) is 6.35. The maximum atomic E-state index is 8.21. The van der Waals surface area contributed by atoms with E-state index in [4.69, 9.17) is 15.3 Å². The molecule has 0 amide bonds. The van der Waals surface area contributed by atoms with Crippen molar-refractivity contribution in [2.75, 3.05) is 19.8 Å². The predicted molar refractivity (Wildman–Crippen MR) is 43.2 cm³/mol. The molecule has 5 nitrogen and oxygen atoms in total. The van der Waals surface area contributed by atoms with Gasteiger partial charge >= 0.3 is 0 Å². The molecule has 13 heavy (non-hydrogen) atoms. The van der Waals surface area contributed by atoms with E-state index in [0.717, 1.165) is 0 Å². The molecule has 72 valence electrons. The third-order valence-electron chi connectivity index (χ3n) is 1.37. The van der Waals surface area contributed by atoms with Crippen LogP contribution in [0.5, 0.6) is 0 Å². The van der Waals surface area contributed by atoms with Gasteiger partial charge in [-0.3, -0.25) is 0 Å². The van der Waals surface area contributed by atoms with Crippen molar-refractivity contribution in [1.82, 2.24) is 0 Å². The van der Waals surface area contributed by atoms with Gasteiger partial charge in [0.2, 0.25) is 0 Å². The predicted octanol–water partition coefficient (Wildman–Crippen LogP) is 0.777. The molecule has 0 aliphatic carbocycles. The Bertz CT molecular complexity index is 195. The second-order valence-corrected chi connectivity index (χ2v) is 2.25. The lowest BCUT2D eigenvalue weighted by atomic mass is 10.3. The van der Waals surface area contributed by atoms with E-state index in [-0.39, 0.29) is 12.7 Å². The van der Waals surface area contributed by atoms with Gasteiger partial charge in [-0.05, 0) is 6.42 Å². The molecule has 0 rings (SSSR count). The SMILES string of the molecule is CCC(COCCOC#N)OC#N. The Hall–Kier alpha value is -1.46. The Kier molecular flexibility index (Phi) is 7.67. The Morgan fingerprint density at radius 3 is 2.54 bits per heavy atom. The van der Waals surface area contributed by atoms with E-state index in [2.05, 4.69) is 9.47 Å². The highest BCUT2D eigenvalue weighted by Gasteiger charge is 2.05. The summed E-state index contributed by atoms with van der Waals surface area (Å²) < 4.78 is 14.1. The van der Waals surface area contributed by atoms with Crippen LogP contribution in [0.15, 0.2) is 0 Å². The molecule has 0 bridgehead atoms. The number of rotatable bonds is 7. The molecular formula is C8H12N2O3. The molecule has 1 atom stereocenters. The van der Waals surface area contributed by atoms with Crippen LogP contribution in [0.25, 0.3) is 0 Å². The average Bonchev–Trinajstić information content (AvgIpc) is 2.16. The lowest BCUT2D eigenvalue weighted by Crippen LogP contribution is -2.18. The van der Waals surface area contributed by atoms with Gasteiger partial charge in [0.1, 0.15) is 12.7 Å². The standard InChI is InChI=1S/C8H12N2O3/c1-2-8(13-7-10)5-11-3-4-12-6-9/h8H,2-5H2,1H3. The number of hydrogen-bond acceptors (Lipinski definition) is 5. The average molecular weight is 184 g/mol. The van der Waals surface area contributed by atoms with Gasteiger partial charge in [-0.2, -0.15) is 10.5 Å². The van der Waals surface area contributed by atoms with Crippen molar-refractivity contribution >= 4 is 0 Å². The Labute approximate surface area is 77.4 Å². The van der Waals surface area contributed by atoms with Gasteiger partial charge in [-0.25, -0.2) is 0 Å². The van der Waals surface area contributed by atoms with E-state index in [0.29, 0.717) is 19.6 Å². The topological polar surface area (TPSA) is 75.3 Å². The molecule has 5 heteroatoms. The van der Waals surface area contributed by atoms with Crippen molar-refractivity contribution in [3.8, 4) is 12.5 Å². The summed E-state index contributed by atoms with van der Waals surface area (Å²) >= 11 is 0. The second-order valence-electron chi connectivity index (χ2n) is 2.25. The van der Waals surface area contributed by atoms with E-state index in [1.165, 1.54) is 6.26 Å². The lowest BCUT2D eigenvalue weighted by Gasteiger charge is -2.10. The molecule has 0 radical (unpaired) electrons. The fourth-order valence-electron chi connectivity index (χ4n) is 0.671. The highest BCUT2D eigenvalue weighted by Crippen LogP contribution is 1.97. The molecule has 0 heterocycles. The summed E-state index contributed by atoms with van der Waals surface area (Å²) in [6.07, 6.45) is 3.65. The third kappa shape index (κ3) is 6.92. The molecule has 0 saturated carbocycles. The first-order valence-electron chi connectivity index (χ1n) is 3.98. The minimum atomic E-state index is -0.202. The lowest BCUT2D eigenvalue weighted by molar-refractivity contribution is 0.0174. The van der Waals surface area contributed by atoms with Crippen LogP contribution in [0.2, 0.25) is 0 Å².